The molecule has 0 atom stereocenters. The summed E-state index contributed by atoms with van der Waals surface area (Å²) in [6.45, 7) is 0. The van der Waals surface area contributed by atoms with E-state index in [2.05, 4.69) is 27.0 Å². The average Bonchev–Trinajstić information content (AvgIpc) is 2.89. The summed E-state index contributed by atoms with van der Waals surface area (Å²) in [6, 6.07) is 16.4. The third-order valence-corrected chi connectivity index (χ3v) is 3.74. The van der Waals surface area contributed by atoms with Crippen LogP contribution in [0.1, 0.15) is 16.7 Å². The summed E-state index contributed by atoms with van der Waals surface area (Å²) in [5, 5.41) is 8.90. The first-order valence-electron chi connectivity index (χ1n) is 6.45. The molecule has 106 valence electrons. The minimum Gasteiger partial charge on any atom is -0.402 e. The van der Waals surface area contributed by atoms with Crippen molar-refractivity contribution in [1.29, 1.82) is 5.26 Å². The van der Waals surface area contributed by atoms with Gasteiger partial charge in [-0.25, -0.2) is 9.79 Å². The van der Waals surface area contributed by atoms with Crippen molar-refractivity contribution in [2.45, 2.75) is 0 Å². The lowest BCUT2D eigenvalue weighted by molar-refractivity contribution is -0.129. The van der Waals surface area contributed by atoms with E-state index in [4.69, 9.17) is 10.00 Å². The molecule has 1 aliphatic rings. The molecule has 0 fully saturated rings. The van der Waals surface area contributed by atoms with Gasteiger partial charge in [0.2, 0.25) is 5.90 Å². The summed E-state index contributed by atoms with van der Waals surface area (Å²) in [5.74, 6) is -0.242. The lowest BCUT2D eigenvalue weighted by atomic mass is 10.1. The maximum atomic E-state index is 11.9. The largest absolute Gasteiger partial charge is 0.402 e. The van der Waals surface area contributed by atoms with Crippen molar-refractivity contribution in [2.75, 3.05) is 0 Å². The first-order chi connectivity index (χ1) is 10.7. The molecule has 1 heterocycles. The third-order valence-electron chi connectivity index (χ3n) is 3.04. The van der Waals surface area contributed by atoms with Crippen LogP contribution in [0, 0.1) is 11.3 Å². The van der Waals surface area contributed by atoms with Crippen LogP contribution in [-0.2, 0) is 9.53 Å². The van der Waals surface area contributed by atoms with Gasteiger partial charge in [0.1, 0.15) is 0 Å². The Kier molecular flexibility index (Phi) is 3.86. The quantitative estimate of drug-likeness (QED) is 0.611. The van der Waals surface area contributed by atoms with Crippen LogP contribution in [0.3, 0.4) is 0 Å². The zero-order valence-electron chi connectivity index (χ0n) is 11.3. The molecule has 3 rings (SSSR count). The van der Waals surface area contributed by atoms with Gasteiger partial charge >= 0.3 is 5.97 Å². The highest BCUT2D eigenvalue weighted by Gasteiger charge is 2.25. The number of ether oxygens (including phenoxy) is 1. The summed E-state index contributed by atoms with van der Waals surface area (Å²) in [4.78, 5) is 16.2. The first kappa shape index (κ1) is 14.2. The van der Waals surface area contributed by atoms with E-state index >= 15 is 0 Å². The van der Waals surface area contributed by atoms with Gasteiger partial charge in [0.15, 0.2) is 5.70 Å². The van der Waals surface area contributed by atoms with Crippen LogP contribution in [-0.4, -0.2) is 11.9 Å². The molecule has 22 heavy (non-hydrogen) atoms. The Morgan fingerprint density at radius 3 is 2.77 bits per heavy atom. The molecule has 0 spiro atoms. The number of nitrogens with zero attached hydrogens (tertiary/aromatic N) is 2. The SMILES string of the molecule is N#Cc1cccc(/C=C2/N=C(c3ccccc3Br)OC2=O)c1. The fraction of sp³-hybridized carbons (Fsp3) is 0. The molecule has 0 radical (unpaired) electrons. The maximum absolute atomic E-state index is 11.9. The molecule has 0 saturated heterocycles. The Hall–Kier alpha value is -2.71. The number of hydrogen-bond acceptors (Lipinski definition) is 4. The van der Waals surface area contributed by atoms with Crippen LogP contribution in [0.4, 0.5) is 0 Å². The van der Waals surface area contributed by atoms with Crippen molar-refractivity contribution in [3.8, 4) is 6.07 Å². The number of aliphatic imine (C=N–C) groups is 1. The normalized spacial score (nSPS) is 15.4. The predicted molar refractivity (Wildman–Crippen MR) is 85.9 cm³/mol. The Bertz CT molecular complexity index is 863. The average molecular weight is 353 g/mol. The van der Waals surface area contributed by atoms with Gasteiger partial charge in [0.05, 0.1) is 17.2 Å². The molecule has 4 nitrogen and oxygen atoms in total. The predicted octanol–water partition coefficient (Wildman–Crippen LogP) is 3.67. The number of nitriles is 1. The van der Waals surface area contributed by atoms with Crippen molar-refractivity contribution in [1.82, 2.24) is 0 Å². The summed E-state index contributed by atoms with van der Waals surface area (Å²) >= 11 is 3.40. The summed E-state index contributed by atoms with van der Waals surface area (Å²) in [5.41, 5.74) is 2.17. The van der Waals surface area contributed by atoms with E-state index in [1.54, 1.807) is 30.3 Å². The van der Waals surface area contributed by atoms with Crippen molar-refractivity contribution >= 4 is 33.9 Å². The lowest BCUT2D eigenvalue weighted by Crippen LogP contribution is -2.05. The van der Waals surface area contributed by atoms with Gasteiger partial charge in [-0.15, -0.1) is 0 Å². The Balaban J connectivity index is 1.98. The molecule has 0 bridgehead atoms. The fourth-order valence-electron chi connectivity index (χ4n) is 2.01. The summed E-state index contributed by atoms with van der Waals surface area (Å²) in [6.07, 6.45) is 1.60. The van der Waals surface area contributed by atoms with E-state index in [-0.39, 0.29) is 11.6 Å². The lowest BCUT2D eigenvalue weighted by Gasteiger charge is -2.01. The van der Waals surface area contributed by atoms with E-state index in [1.807, 2.05) is 24.3 Å². The fourth-order valence-corrected chi connectivity index (χ4v) is 2.47. The van der Waals surface area contributed by atoms with Crippen molar-refractivity contribution in [2.24, 2.45) is 4.99 Å². The molecule has 2 aromatic carbocycles. The van der Waals surface area contributed by atoms with E-state index in [1.165, 1.54) is 0 Å². The second-order valence-electron chi connectivity index (χ2n) is 4.55. The van der Waals surface area contributed by atoms with Gasteiger partial charge in [-0.2, -0.15) is 5.26 Å². The van der Waals surface area contributed by atoms with Crippen LogP contribution >= 0.6 is 15.9 Å². The van der Waals surface area contributed by atoms with Crippen LogP contribution in [0.15, 0.2) is 63.7 Å². The third kappa shape index (κ3) is 2.83. The number of esters is 1. The number of carbonyl (C=O) groups is 1. The Morgan fingerprint density at radius 1 is 1.18 bits per heavy atom. The number of benzene rings is 2. The number of cyclic esters (lactones) is 1. The molecule has 0 N–H and O–H groups in total. The first-order valence-corrected chi connectivity index (χ1v) is 7.24. The molecule has 0 unspecified atom stereocenters. The van der Waals surface area contributed by atoms with Crippen LogP contribution < -0.4 is 0 Å². The second-order valence-corrected chi connectivity index (χ2v) is 5.41. The summed E-state index contributed by atoms with van der Waals surface area (Å²) < 4.78 is 6.02. The highest BCUT2D eigenvalue weighted by Crippen LogP contribution is 2.24. The van der Waals surface area contributed by atoms with Gasteiger partial charge in [0.25, 0.3) is 0 Å². The number of carbonyl (C=O) groups excluding carboxylic acids is 1. The number of hydrogen-bond donors (Lipinski definition) is 0. The van der Waals surface area contributed by atoms with Crippen molar-refractivity contribution in [3.63, 3.8) is 0 Å². The highest BCUT2D eigenvalue weighted by molar-refractivity contribution is 9.10. The topological polar surface area (TPSA) is 62.4 Å². The van der Waals surface area contributed by atoms with Crippen molar-refractivity contribution in [3.05, 3.63) is 75.4 Å². The van der Waals surface area contributed by atoms with Crippen LogP contribution in [0.5, 0.6) is 0 Å². The van der Waals surface area contributed by atoms with E-state index in [9.17, 15) is 4.79 Å². The van der Waals surface area contributed by atoms with Gasteiger partial charge < -0.3 is 4.74 Å². The number of rotatable bonds is 2. The van der Waals surface area contributed by atoms with Crippen molar-refractivity contribution < 1.29 is 9.53 Å². The van der Waals surface area contributed by atoms with Crippen LogP contribution in [0.2, 0.25) is 0 Å². The summed E-state index contributed by atoms with van der Waals surface area (Å²) in [7, 11) is 0. The van der Waals surface area contributed by atoms with E-state index in [0.717, 1.165) is 10.0 Å². The smallest absolute Gasteiger partial charge is 0.363 e. The van der Waals surface area contributed by atoms with Gasteiger partial charge in [-0.3, -0.25) is 0 Å². The monoisotopic (exact) mass is 352 g/mol. The van der Waals surface area contributed by atoms with Gasteiger partial charge in [-0.05, 0) is 51.8 Å². The molecule has 0 amide bonds. The number of halogens is 1. The molecule has 0 aromatic heterocycles. The molecule has 2 aromatic rings. The van der Waals surface area contributed by atoms with E-state index in [0.29, 0.717) is 11.1 Å². The second kappa shape index (κ2) is 5.96. The minimum atomic E-state index is -0.506. The molecular weight excluding hydrogens is 344 g/mol. The van der Waals surface area contributed by atoms with Gasteiger partial charge in [-0.1, -0.05) is 24.3 Å². The molecule has 0 aliphatic carbocycles. The molecule has 5 heteroatoms. The van der Waals surface area contributed by atoms with E-state index < -0.39 is 5.97 Å². The molecule has 1 aliphatic heterocycles. The maximum Gasteiger partial charge on any atom is 0.363 e. The standard InChI is InChI=1S/C17H9BrN2O2/c18-14-7-2-1-6-13(14)16-20-15(17(21)22-16)9-11-4-3-5-12(8-11)10-19/h1-9H/b15-9+. The Labute approximate surface area is 135 Å². The Morgan fingerprint density at radius 2 is 2.00 bits per heavy atom. The highest BCUT2D eigenvalue weighted by atomic mass is 79.9. The van der Waals surface area contributed by atoms with Crippen LogP contribution in [0.25, 0.3) is 6.08 Å². The molecular formula is C17H9BrN2O2. The molecule has 0 saturated carbocycles. The zero-order valence-corrected chi connectivity index (χ0v) is 12.9. The minimum absolute atomic E-state index is 0.209. The van der Waals surface area contributed by atoms with Gasteiger partial charge in [0, 0.05) is 4.47 Å². The zero-order chi connectivity index (χ0) is 15.5.